The van der Waals surface area contributed by atoms with Crippen molar-refractivity contribution in [3.8, 4) is 0 Å². The smallest absolute Gasteiger partial charge is 0.257 e. The van der Waals surface area contributed by atoms with Crippen LogP contribution in [-0.2, 0) is 4.74 Å². The maximum absolute atomic E-state index is 5.12. The molecular formula is C6H6N4O. The monoisotopic (exact) mass is 150 g/mol. The lowest BCUT2D eigenvalue weighted by atomic mass is 10.6. The van der Waals surface area contributed by atoms with Gasteiger partial charge in [0.1, 0.15) is 6.61 Å². The van der Waals surface area contributed by atoms with Crippen LogP contribution in [0.3, 0.4) is 0 Å². The van der Waals surface area contributed by atoms with Gasteiger partial charge < -0.3 is 4.74 Å². The number of aromatic nitrogens is 3. The fourth-order valence-electron chi connectivity index (χ4n) is 0.816. The van der Waals surface area contributed by atoms with E-state index >= 15 is 0 Å². The minimum absolute atomic E-state index is 0.463. The van der Waals surface area contributed by atoms with E-state index in [1.807, 2.05) is 0 Å². The lowest BCUT2D eigenvalue weighted by molar-refractivity contribution is 0.346. The first kappa shape index (κ1) is 6.21. The van der Waals surface area contributed by atoms with Crippen molar-refractivity contribution in [1.82, 2.24) is 15.2 Å². The average molecular weight is 150 g/mol. The quantitative estimate of drug-likeness (QED) is 0.549. The van der Waals surface area contributed by atoms with Crippen molar-refractivity contribution in [3.63, 3.8) is 0 Å². The molecule has 2 rings (SSSR count). The van der Waals surface area contributed by atoms with Gasteiger partial charge in [0, 0.05) is 6.20 Å². The third kappa shape index (κ3) is 1.17. The van der Waals surface area contributed by atoms with Crippen molar-refractivity contribution in [3.05, 3.63) is 18.2 Å². The van der Waals surface area contributed by atoms with Crippen LogP contribution in [0.4, 0.5) is 0 Å². The molecule has 0 N–H and O–H groups in total. The molecule has 2 heterocycles. The number of hydrogen-bond acceptors (Lipinski definition) is 5. The van der Waals surface area contributed by atoms with E-state index in [0.29, 0.717) is 24.9 Å². The Kier molecular flexibility index (Phi) is 1.47. The molecule has 1 aromatic rings. The van der Waals surface area contributed by atoms with E-state index in [9.17, 15) is 0 Å². The molecule has 5 heteroatoms. The van der Waals surface area contributed by atoms with Crippen LogP contribution in [0.5, 0.6) is 0 Å². The second-order valence-electron chi connectivity index (χ2n) is 2.00. The second-order valence-corrected chi connectivity index (χ2v) is 2.00. The SMILES string of the molecule is c1cnc(C2=NCCO2)nn1. The maximum Gasteiger partial charge on any atom is 0.257 e. The first-order valence-corrected chi connectivity index (χ1v) is 3.28. The number of rotatable bonds is 1. The highest BCUT2D eigenvalue weighted by atomic mass is 16.5. The van der Waals surface area contributed by atoms with Crippen LogP contribution in [0, 0.1) is 0 Å². The van der Waals surface area contributed by atoms with Crippen LogP contribution < -0.4 is 0 Å². The number of aliphatic imine (C=N–C) groups is 1. The Morgan fingerprint density at radius 3 is 3.00 bits per heavy atom. The van der Waals surface area contributed by atoms with Gasteiger partial charge in [0.15, 0.2) is 0 Å². The Bertz CT molecular complexity index is 271. The van der Waals surface area contributed by atoms with Crippen molar-refractivity contribution < 1.29 is 4.74 Å². The Labute approximate surface area is 63.2 Å². The second kappa shape index (κ2) is 2.61. The molecule has 0 amide bonds. The van der Waals surface area contributed by atoms with E-state index < -0.39 is 0 Å². The molecular weight excluding hydrogens is 144 g/mol. The van der Waals surface area contributed by atoms with Gasteiger partial charge in [0.2, 0.25) is 5.82 Å². The van der Waals surface area contributed by atoms with Gasteiger partial charge in [-0.1, -0.05) is 0 Å². The molecule has 0 saturated carbocycles. The molecule has 0 fully saturated rings. The van der Waals surface area contributed by atoms with Crippen LogP contribution in [-0.4, -0.2) is 34.2 Å². The van der Waals surface area contributed by atoms with Crippen LogP contribution in [0.2, 0.25) is 0 Å². The van der Waals surface area contributed by atoms with E-state index in [-0.39, 0.29) is 0 Å². The fourth-order valence-corrected chi connectivity index (χ4v) is 0.816. The third-order valence-corrected chi connectivity index (χ3v) is 1.26. The van der Waals surface area contributed by atoms with Gasteiger partial charge >= 0.3 is 0 Å². The van der Waals surface area contributed by atoms with Crippen molar-refractivity contribution in [2.24, 2.45) is 4.99 Å². The highest BCUT2D eigenvalue weighted by Gasteiger charge is 2.12. The number of ether oxygens (including phenoxy) is 1. The largest absolute Gasteiger partial charge is 0.473 e. The van der Waals surface area contributed by atoms with Gasteiger partial charge in [-0.15, -0.1) is 5.10 Å². The molecule has 11 heavy (non-hydrogen) atoms. The molecule has 0 spiro atoms. The highest BCUT2D eigenvalue weighted by Crippen LogP contribution is 1.99. The topological polar surface area (TPSA) is 60.3 Å². The van der Waals surface area contributed by atoms with E-state index in [4.69, 9.17) is 4.74 Å². The lowest BCUT2D eigenvalue weighted by Crippen LogP contribution is -2.07. The molecule has 1 aliphatic rings. The molecule has 0 unspecified atom stereocenters. The minimum atomic E-state index is 0.463. The average Bonchev–Trinajstić information content (AvgIpc) is 2.58. The van der Waals surface area contributed by atoms with Crippen molar-refractivity contribution in [2.45, 2.75) is 0 Å². The molecule has 0 aromatic carbocycles. The zero-order valence-corrected chi connectivity index (χ0v) is 5.77. The van der Waals surface area contributed by atoms with Gasteiger partial charge in [-0.2, -0.15) is 5.10 Å². The van der Waals surface area contributed by atoms with Crippen molar-refractivity contribution in [1.29, 1.82) is 0 Å². The Hall–Kier alpha value is -1.52. The van der Waals surface area contributed by atoms with Crippen LogP contribution in [0.15, 0.2) is 17.4 Å². The fraction of sp³-hybridized carbons (Fsp3) is 0.333. The van der Waals surface area contributed by atoms with E-state index in [0.717, 1.165) is 0 Å². The normalized spacial score (nSPS) is 15.8. The summed E-state index contributed by atoms with van der Waals surface area (Å²) in [5.41, 5.74) is 0. The van der Waals surface area contributed by atoms with E-state index in [2.05, 4.69) is 20.2 Å². The van der Waals surface area contributed by atoms with E-state index in [1.54, 1.807) is 6.20 Å². The van der Waals surface area contributed by atoms with Crippen LogP contribution in [0.1, 0.15) is 5.82 Å². The van der Waals surface area contributed by atoms with Crippen LogP contribution >= 0.6 is 0 Å². The molecule has 56 valence electrons. The van der Waals surface area contributed by atoms with Gasteiger partial charge in [-0.05, 0) is 0 Å². The summed E-state index contributed by atoms with van der Waals surface area (Å²) in [5, 5.41) is 7.40. The molecule has 5 nitrogen and oxygen atoms in total. The van der Waals surface area contributed by atoms with Crippen LogP contribution in [0.25, 0.3) is 0 Å². The molecule has 1 aliphatic heterocycles. The first-order valence-electron chi connectivity index (χ1n) is 3.28. The number of nitrogens with zero attached hydrogens (tertiary/aromatic N) is 4. The summed E-state index contributed by atoms with van der Waals surface area (Å²) in [6.45, 7) is 1.31. The molecule has 0 saturated heterocycles. The first-order chi connectivity index (χ1) is 5.47. The summed E-state index contributed by atoms with van der Waals surface area (Å²) in [7, 11) is 0. The predicted molar refractivity (Wildman–Crippen MR) is 37.2 cm³/mol. The van der Waals surface area contributed by atoms with Gasteiger partial charge in [0.25, 0.3) is 5.90 Å². The summed E-state index contributed by atoms with van der Waals surface area (Å²) in [6, 6.07) is 0. The Morgan fingerprint density at radius 1 is 1.36 bits per heavy atom. The summed E-state index contributed by atoms with van der Waals surface area (Å²) in [4.78, 5) is 7.97. The summed E-state index contributed by atoms with van der Waals surface area (Å²) >= 11 is 0. The summed E-state index contributed by atoms with van der Waals surface area (Å²) < 4.78 is 5.12. The third-order valence-electron chi connectivity index (χ3n) is 1.26. The maximum atomic E-state index is 5.12. The molecule has 1 aromatic heterocycles. The van der Waals surface area contributed by atoms with Crippen molar-refractivity contribution in [2.75, 3.05) is 13.2 Å². The van der Waals surface area contributed by atoms with Gasteiger partial charge in [-0.25, -0.2) is 9.98 Å². The standard InChI is InChI=1S/C6H6N4O/c1-2-9-10-5(7-1)6-8-3-4-11-6/h1-2H,3-4H2. The molecule has 0 radical (unpaired) electrons. The zero-order valence-electron chi connectivity index (χ0n) is 5.77. The summed E-state index contributed by atoms with van der Waals surface area (Å²) in [5.74, 6) is 0.961. The molecule has 0 atom stereocenters. The highest BCUT2D eigenvalue weighted by molar-refractivity contribution is 5.90. The Morgan fingerprint density at radius 2 is 2.36 bits per heavy atom. The van der Waals surface area contributed by atoms with Gasteiger partial charge in [-0.3, -0.25) is 0 Å². The van der Waals surface area contributed by atoms with Gasteiger partial charge in [0.05, 0.1) is 12.7 Å². The molecule has 0 bridgehead atoms. The summed E-state index contributed by atoms with van der Waals surface area (Å²) in [6.07, 6.45) is 3.07. The van der Waals surface area contributed by atoms with E-state index in [1.165, 1.54) is 6.20 Å². The zero-order chi connectivity index (χ0) is 7.52. The Balaban J connectivity index is 2.29. The molecule has 0 aliphatic carbocycles. The predicted octanol–water partition coefficient (Wildman–Crippen LogP) is -0.352. The number of hydrogen-bond donors (Lipinski definition) is 0. The lowest BCUT2D eigenvalue weighted by Gasteiger charge is -1.95. The van der Waals surface area contributed by atoms with Crippen molar-refractivity contribution >= 4 is 5.90 Å². The minimum Gasteiger partial charge on any atom is -0.473 e.